The lowest BCUT2D eigenvalue weighted by Gasteiger charge is -2.23. The minimum Gasteiger partial charge on any atom is -0.473 e. The summed E-state index contributed by atoms with van der Waals surface area (Å²) < 4.78 is 12.2. The summed E-state index contributed by atoms with van der Waals surface area (Å²) in [6, 6.07) is 28.6. The quantitative estimate of drug-likeness (QED) is 0.335. The fraction of sp³-hybridized carbons (Fsp3) is 0.194. The Hall–Kier alpha value is -4.65. The number of carbonyl (C=O) groups is 2. The highest BCUT2D eigenvalue weighted by atomic mass is 16.5. The van der Waals surface area contributed by atoms with E-state index in [2.05, 4.69) is 4.98 Å². The number of aromatic nitrogens is 1. The number of nitrogens with zero attached hydrogens (tertiary/aromatic N) is 2. The molecule has 7 heteroatoms. The predicted octanol–water partition coefficient (Wildman–Crippen LogP) is 5.22. The zero-order valence-electron chi connectivity index (χ0n) is 21.4. The van der Waals surface area contributed by atoms with E-state index in [1.807, 2.05) is 92.7 Å². The molecule has 2 amide bonds. The molecule has 0 spiro atoms. The number of nitrogens with two attached hydrogens (primary N) is 1. The number of hydrogen-bond acceptors (Lipinski definition) is 5. The minimum atomic E-state index is -0.874. The zero-order valence-corrected chi connectivity index (χ0v) is 21.4. The SMILES string of the molecule is CC1(C)C(=O)N(c2ccc(OCc3ccccc3)nc2OCc2ccccc2)c2cccc(CC(N)=O)c21. The number of hydrogen-bond donors (Lipinski definition) is 1. The van der Waals surface area contributed by atoms with Crippen molar-refractivity contribution in [3.8, 4) is 11.8 Å². The van der Waals surface area contributed by atoms with Gasteiger partial charge in [-0.15, -0.1) is 0 Å². The Kier molecular flexibility index (Phi) is 6.83. The predicted molar refractivity (Wildman–Crippen MR) is 145 cm³/mol. The largest absolute Gasteiger partial charge is 0.473 e. The van der Waals surface area contributed by atoms with Gasteiger partial charge in [-0.25, -0.2) is 0 Å². The molecule has 0 unspecified atom stereocenters. The third-order valence-corrected chi connectivity index (χ3v) is 6.60. The van der Waals surface area contributed by atoms with Gasteiger partial charge in [0, 0.05) is 6.07 Å². The standard InChI is InChI=1S/C31H29N3O4/c1-31(2)28-23(18-26(32)35)14-9-15-24(28)34(30(31)36)25-16-17-27(37-19-21-10-5-3-6-11-21)33-29(25)38-20-22-12-7-4-8-13-22/h3-17H,18-20H2,1-2H3,(H2,32,35). The normalized spacial score (nSPS) is 13.7. The average molecular weight is 508 g/mol. The Bertz CT molecular complexity index is 1470. The van der Waals surface area contributed by atoms with Crippen LogP contribution in [-0.4, -0.2) is 16.8 Å². The van der Waals surface area contributed by atoms with Crippen LogP contribution in [0.2, 0.25) is 0 Å². The highest BCUT2D eigenvalue weighted by Gasteiger charge is 2.47. The highest BCUT2D eigenvalue weighted by molar-refractivity contribution is 6.13. The van der Waals surface area contributed by atoms with Gasteiger partial charge in [-0.3, -0.25) is 14.5 Å². The Morgan fingerprint density at radius 1 is 0.816 bits per heavy atom. The molecular formula is C31H29N3O4. The van der Waals surface area contributed by atoms with E-state index in [9.17, 15) is 9.59 Å². The minimum absolute atomic E-state index is 0.0512. The maximum atomic E-state index is 13.8. The van der Waals surface area contributed by atoms with Crippen molar-refractivity contribution in [1.82, 2.24) is 4.98 Å². The summed E-state index contributed by atoms with van der Waals surface area (Å²) in [5.74, 6) is 0.0632. The van der Waals surface area contributed by atoms with E-state index in [0.29, 0.717) is 23.9 Å². The fourth-order valence-electron chi connectivity index (χ4n) is 4.79. The molecule has 0 saturated carbocycles. The fourth-order valence-corrected chi connectivity index (χ4v) is 4.79. The molecule has 1 aliphatic rings. The molecule has 4 aromatic rings. The van der Waals surface area contributed by atoms with Crippen LogP contribution in [0.5, 0.6) is 11.8 Å². The van der Waals surface area contributed by atoms with Crippen molar-refractivity contribution in [1.29, 1.82) is 0 Å². The van der Waals surface area contributed by atoms with Crippen LogP contribution in [0, 0.1) is 0 Å². The molecule has 3 aromatic carbocycles. The van der Waals surface area contributed by atoms with Crippen LogP contribution in [0.3, 0.4) is 0 Å². The lowest BCUT2D eigenvalue weighted by molar-refractivity contribution is -0.121. The lowest BCUT2D eigenvalue weighted by Crippen LogP contribution is -2.34. The first kappa shape index (κ1) is 25.0. The van der Waals surface area contributed by atoms with Crippen molar-refractivity contribution in [3.05, 3.63) is 113 Å². The average Bonchev–Trinajstić information content (AvgIpc) is 3.12. The van der Waals surface area contributed by atoms with E-state index >= 15 is 0 Å². The molecule has 192 valence electrons. The first-order chi connectivity index (χ1) is 18.3. The van der Waals surface area contributed by atoms with E-state index in [4.69, 9.17) is 15.2 Å². The Morgan fingerprint density at radius 2 is 1.45 bits per heavy atom. The lowest BCUT2D eigenvalue weighted by atomic mass is 9.82. The van der Waals surface area contributed by atoms with E-state index in [1.54, 1.807) is 17.0 Å². The third-order valence-electron chi connectivity index (χ3n) is 6.60. The number of rotatable bonds is 9. The molecule has 7 nitrogen and oxygen atoms in total. The summed E-state index contributed by atoms with van der Waals surface area (Å²) in [7, 11) is 0. The number of benzene rings is 3. The van der Waals surface area contributed by atoms with Gasteiger partial charge in [0.25, 0.3) is 0 Å². The van der Waals surface area contributed by atoms with Gasteiger partial charge in [-0.05, 0) is 48.2 Å². The Morgan fingerprint density at radius 3 is 2.08 bits per heavy atom. The van der Waals surface area contributed by atoms with Crippen LogP contribution in [-0.2, 0) is 34.6 Å². The summed E-state index contributed by atoms with van der Waals surface area (Å²) in [5.41, 5.74) is 9.31. The van der Waals surface area contributed by atoms with E-state index < -0.39 is 11.3 Å². The van der Waals surface area contributed by atoms with Crippen molar-refractivity contribution in [2.24, 2.45) is 5.73 Å². The van der Waals surface area contributed by atoms with Crippen LogP contribution in [0.15, 0.2) is 91.0 Å². The number of pyridine rings is 1. The van der Waals surface area contributed by atoms with Gasteiger partial charge in [-0.2, -0.15) is 4.98 Å². The van der Waals surface area contributed by atoms with E-state index in [1.165, 1.54) is 0 Å². The molecule has 5 rings (SSSR count). The van der Waals surface area contributed by atoms with E-state index in [-0.39, 0.29) is 24.8 Å². The molecule has 1 aromatic heterocycles. The summed E-state index contributed by atoms with van der Waals surface area (Å²) in [5, 5.41) is 0. The molecule has 1 aliphatic heterocycles. The summed E-state index contributed by atoms with van der Waals surface area (Å²) in [6.07, 6.45) is 0.0512. The third kappa shape index (κ3) is 4.95. The first-order valence-electron chi connectivity index (χ1n) is 12.4. The van der Waals surface area contributed by atoms with Crippen molar-refractivity contribution in [2.75, 3.05) is 4.90 Å². The van der Waals surface area contributed by atoms with Crippen LogP contribution in [0.4, 0.5) is 11.4 Å². The molecule has 0 fully saturated rings. The molecule has 2 N–H and O–H groups in total. The number of fused-ring (bicyclic) bond motifs is 1. The van der Waals surface area contributed by atoms with Gasteiger partial charge < -0.3 is 15.2 Å². The van der Waals surface area contributed by atoms with Crippen molar-refractivity contribution >= 4 is 23.2 Å². The summed E-state index contributed by atoms with van der Waals surface area (Å²) in [4.78, 5) is 31.9. The van der Waals surface area contributed by atoms with Gasteiger partial charge in [-0.1, -0.05) is 72.8 Å². The number of ether oxygens (including phenoxy) is 2. The van der Waals surface area contributed by atoms with Crippen molar-refractivity contribution in [2.45, 2.75) is 38.9 Å². The van der Waals surface area contributed by atoms with Gasteiger partial charge in [0.1, 0.15) is 18.9 Å². The van der Waals surface area contributed by atoms with Gasteiger partial charge >= 0.3 is 0 Å². The van der Waals surface area contributed by atoms with Crippen molar-refractivity contribution < 1.29 is 19.1 Å². The van der Waals surface area contributed by atoms with Crippen LogP contribution >= 0.6 is 0 Å². The molecule has 0 saturated heterocycles. The second-order valence-electron chi connectivity index (χ2n) is 9.74. The Balaban J connectivity index is 1.54. The van der Waals surface area contributed by atoms with E-state index in [0.717, 1.165) is 22.3 Å². The summed E-state index contributed by atoms with van der Waals surface area (Å²) in [6.45, 7) is 4.32. The topological polar surface area (TPSA) is 94.8 Å². The molecular weight excluding hydrogens is 478 g/mol. The van der Waals surface area contributed by atoms with Gasteiger partial charge in [0.15, 0.2) is 0 Å². The number of amides is 2. The van der Waals surface area contributed by atoms with Crippen molar-refractivity contribution in [3.63, 3.8) is 0 Å². The number of anilines is 2. The number of carbonyl (C=O) groups excluding carboxylic acids is 2. The second-order valence-corrected chi connectivity index (χ2v) is 9.74. The van der Waals surface area contributed by atoms with Gasteiger partial charge in [0.2, 0.25) is 23.6 Å². The number of primary amides is 1. The molecule has 38 heavy (non-hydrogen) atoms. The Labute approximate surface area is 221 Å². The zero-order chi connectivity index (χ0) is 26.7. The molecule has 0 aliphatic carbocycles. The maximum Gasteiger partial charge on any atom is 0.242 e. The molecule has 0 radical (unpaired) electrons. The highest BCUT2D eigenvalue weighted by Crippen LogP contribution is 2.49. The summed E-state index contributed by atoms with van der Waals surface area (Å²) >= 11 is 0. The monoisotopic (exact) mass is 507 g/mol. The smallest absolute Gasteiger partial charge is 0.242 e. The maximum absolute atomic E-state index is 13.8. The van der Waals surface area contributed by atoms with Crippen LogP contribution in [0.1, 0.15) is 36.1 Å². The van der Waals surface area contributed by atoms with Gasteiger partial charge in [0.05, 0.1) is 17.5 Å². The molecule has 0 atom stereocenters. The first-order valence-corrected chi connectivity index (χ1v) is 12.4. The molecule has 2 heterocycles. The second kappa shape index (κ2) is 10.4. The van der Waals surface area contributed by atoms with Crippen LogP contribution < -0.4 is 20.1 Å². The molecule has 0 bridgehead atoms. The van der Waals surface area contributed by atoms with Crippen LogP contribution in [0.25, 0.3) is 0 Å².